The van der Waals surface area contributed by atoms with E-state index in [1.165, 1.54) is 0 Å². The third kappa shape index (κ3) is 4.46. The highest BCUT2D eigenvalue weighted by Gasteiger charge is 2.00. The molecule has 2 nitrogen and oxygen atoms in total. The third-order valence-electron chi connectivity index (χ3n) is 3.01. The number of benzene rings is 2. The maximum atomic E-state index is 12.0. The molecule has 0 saturated heterocycles. The van der Waals surface area contributed by atoms with E-state index >= 15 is 0 Å². The lowest BCUT2D eigenvalue weighted by Gasteiger charge is -2.02. The highest BCUT2D eigenvalue weighted by atomic mass is 16.5. The molecule has 0 bridgehead atoms. The summed E-state index contributed by atoms with van der Waals surface area (Å²) >= 11 is 0. The van der Waals surface area contributed by atoms with Crippen molar-refractivity contribution in [1.29, 1.82) is 0 Å². The molecule has 0 spiro atoms. The summed E-state index contributed by atoms with van der Waals surface area (Å²) in [6.07, 6.45) is 5.10. The standard InChI is InChI=1S/C19H18O2/c1-3-14-21-18-11-6-16(7-12-18)8-13-19(20)17-9-4-15(2)5-10-17/h3-13H,1,14H2,2H3/b13-8+. The van der Waals surface area contributed by atoms with Crippen molar-refractivity contribution >= 4 is 11.9 Å². The molecule has 0 aliphatic carbocycles. The number of ketones is 1. The van der Waals surface area contributed by atoms with Crippen LogP contribution in [-0.4, -0.2) is 12.4 Å². The summed E-state index contributed by atoms with van der Waals surface area (Å²) < 4.78 is 5.41. The molecule has 0 aliphatic rings. The van der Waals surface area contributed by atoms with Crippen molar-refractivity contribution in [2.45, 2.75) is 6.92 Å². The van der Waals surface area contributed by atoms with Gasteiger partial charge in [-0.05, 0) is 30.7 Å². The van der Waals surface area contributed by atoms with Crippen LogP contribution in [0.5, 0.6) is 5.75 Å². The fourth-order valence-corrected chi connectivity index (χ4v) is 1.82. The predicted octanol–water partition coefficient (Wildman–Crippen LogP) is 4.46. The van der Waals surface area contributed by atoms with Crippen LogP contribution in [0.3, 0.4) is 0 Å². The molecule has 0 saturated carbocycles. The number of hydrogen-bond acceptors (Lipinski definition) is 2. The lowest BCUT2D eigenvalue weighted by molar-refractivity contribution is 0.104. The van der Waals surface area contributed by atoms with E-state index in [1.54, 1.807) is 18.2 Å². The zero-order valence-corrected chi connectivity index (χ0v) is 12.1. The van der Waals surface area contributed by atoms with Crippen molar-refractivity contribution in [3.63, 3.8) is 0 Å². The molecule has 0 N–H and O–H groups in total. The quantitative estimate of drug-likeness (QED) is 0.443. The number of carbonyl (C=O) groups excluding carboxylic acids is 1. The average Bonchev–Trinajstić information content (AvgIpc) is 2.52. The van der Waals surface area contributed by atoms with E-state index in [0.717, 1.165) is 16.9 Å². The van der Waals surface area contributed by atoms with Gasteiger partial charge in [-0.25, -0.2) is 0 Å². The van der Waals surface area contributed by atoms with Gasteiger partial charge in [0.1, 0.15) is 12.4 Å². The number of rotatable bonds is 6. The van der Waals surface area contributed by atoms with Gasteiger partial charge in [0.25, 0.3) is 0 Å². The Kier molecular flexibility index (Phi) is 5.10. The molecule has 0 amide bonds. The van der Waals surface area contributed by atoms with Gasteiger partial charge in [0.05, 0.1) is 0 Å². The lowest BCUT2D eigenvalue weighted by Crippen LogP contribution is -1.94. The lowest BCUT2D eigenvalue weighted by atomic mass is 10.1. The number of ether oxygens (including phenoxy) is 1. The van der Waals surface area contributed by atoms with E-state index in [-0.39, 0.29) is 5.78 Å². The van der Waals surface area contributed by atoms with Gasteiger partial charge in [-0.1, -0.05) is 60.7 Å². The average molecular weight is 278 g/mol. The fourth-order valence-electron chi connectivity index (χ4n) is 1.82. The van der Waals surface area contributed by atoms with Crippen molar-refractivity contribution in [2.75, 3.05) is 6.61 Å². The molecular formula is C19H18O2. The summed E-state index contributed by atoms with van der Waals surface area (Å²) in [6, 6.07) is 15.1. The molecule has 2 heteroatoms. The van der Waals surface area contributed by atoms with E-state index in [1.807, 2.05) is 55.5 Å². The number of hydrogen-bond donors (Lipinski definition) is 0. The second kappa shape index (κ2) is 7.25. The van der Waals surface area contributed by atoms with E-state index in [0.29, 0.717) is 12.2 Å². The second-order valence-corrected chi connectivity index (χ2v) is 4.73. The van der Waals surface area contributed by atoms with Gasteiger partial charge in [0, 0.05) is 5.56 Å². The molecule has 0 radical (unpaired) electrons. The van der Waals surface area contributed by atoms with Crippen molar-refractivity contribution in [3.05, 3.63) is 84.0 Å². The van der Waals surface area contributed by atoms with Crippen LogP contribution in [-0.2, 0) is 0 Å². The molecule has 0 fully saturated rings. The van der Waals surface area contributed by atoms with E-state index in [2.05, 4.69) is 6.58 Å². The Hall–Kier alpha value is -2.61. The van der Waals surface area contributed by atoms with Gasteiger partial charge in [-0.15, -0.1) is 0 Å². The maximum absolute atomic E-state index is 12.0. The molecule has 21 heavy (non-hydrogen) atoms. The molecule has 2 rings (SSSR count). The Balaban J connectivity index is 2.01. The van der Waals surface area contributed by atoms with Crippen molar-refractivity contribution in [3.8, 4) is 5.75 Å². The number of carbonyl (C=O) groups is 1. The molecule has 106 valence electrons. The van der Waals surface area contributed by atoms with Gasteiger partial charge < -0.3 is 4.74 Å². The summed E-state index contributed by atoms with van der Waals surface area (Å²) in [5.74, 6) is 0.791. The van der Waals surface area contributed by atoms with Crippen LogP contribution in [0.15, 0.2) is 67.3 Å². The Morgan fingerprint density at radius 2 is 1.76 bits per heavy atom. The molecule has 0 atom stereocenters. The molecule has 2 aromatic carbocycles. The van der Waals surface area contributed by atoms with E-state index in [4.69, 9.17) is 4.74 Å². The van der Waals surface area contributed by atoms with Gasteiger partial charge in [-0.3, -0.25) is 4.79 Å². The van der Waals surface area contributed by atoms with Crippen molar-refractivity contribution < 1.29 is 9.53 Å². The number of allylic oxidation sites excluding steroid dienone is 1. The molecule has 0 heterocycles. The number of aryl methyl sites for hydroxylation is 1. The summed E-state index contributed by atoms with van der Waals surface area (Å²) in [4.78, 5) is 12.0. The highest BCUT2D eigenvalue weighted by molar-refractivity contribution is 6.06. The van der Waals surface area contributed by atoms with Crippen LogP contribution in [0.25, 0.3) is 6.08 Å². The summed E-state index contributed by atoms with van der Waals surface area (Å²) in [5, 5.41) is 0. The molecule has 0 aromatic heterocycles. The van der Waals surface area contributed by atoms with Crippen molar-refractivity contribution in [1.82, 2.24) is 0 Å². The first kappa shape index (κ1) is 14.8. The topological polar surface area (TPSA) is 26.3 Å². The summed E-state index contributed by atoms with van der Waals surface area (Å²) in [7, 11) is 0. The molecule has 0 aliphatic heterocycles. The van der Waals surface area contributed by atoms with Gasteiger partial charge in [0.15, 0.2) is 5.78 Å². The molecular weight excluding hydrogens is 260 g/mol. The van der Waals surface area contributed by atoms with Crippen LogP contribution in [0, 0.1) is 6.92 Å². The zero-order chi connectivity index (χ0) is 15.1. The Labute approximate surface area is 125 Å². The van der Waals surface area contributed by atoms with Gasteiger partial charge >= 0.3 is 0 Å². The SMILES string of the molecule is C=CCOc1ccc(/C=C/C(=O)c2ccc(C)cc2)cc1. The summed E-state index contributed by atoms with van der Waals surface area (Å²) in [6.45, 7) is 6.09. The minimum absolute atomic E-state index is 0.00184. The normalized spacial score (nSPS) is 10.5. The first-order valence-corrected chi connectivity index (χ1v) is 6.82. The second-order valence-electron chi connectivity index (χ2n) is 4.73. The van der Waals surface area contributed by atoms with E-state index in [9.17, 15) is 4.79 Å². The Morgan fingerprint density at radius 1 is 1.10 bits per heavy atom. The summed E-state index contributed by atoms with van der Waals surface area (Å²) in [5.41, 5.74) is 2.80. The van der Waals surface area contributed by atoms with Crippen LogP contribution in [0.2, 0.25) is 0 Å². The maximum Gasteiger partial charge on any atom is 0.185 e. The predicted molar refractivity (Wildman–Crippen MR) is 86.7 cm³/mol. The van der Waals surface area contributed by atoms with Gasteiger partial charge in [-0.2, -0.15) is 0 Å². The van der Waals surface area contributed by atoms with Crippen LogP contribution < -0.4 is 4.74 Å². The van der Waals surface area contributed by atoms with Crippen molar-refractivity contribution in [2.24, 2.45) is 0 Å². The Bertz CT molecular complexity index is 634. The minimum atomic E-state index is 0.00184. The van der Waals surface area contributed by atoms with E-state index < -0.39 is 0 Å². The van der Waals surface area contributed by atoms with Gasteiger partial charge in [0.2, 0.25) is 0 Å². The fraction of sp³-hybridized carbons (Fsp3) is 0.105. The largest absolute Gasteiger partial charge is 0.490 e. The monoisotopic (exact) mass is 278 g/mol. The van der Waals surface area contributed by atoms with Crippen LogP contribution in [0.4, 0.5) is 0 Å². The Morgan fingerprint density at radius 3 is 2.38 bits per heavy atom. The highest BCUT2D eigenvalue weighted by Crippen LogP contribution is 2.14. The first-order valence-electron chi connectivity index (χ1n) is 6.82. The smallest absolute Gasteiger partial charge is 0.185 e. The minimum Gasteiger partial charge on any atom is -0.490 e. The van der Waals surface area contributed by atoms with Crippen LogP contribution in [0.1, 0.15) is 21.5 Å². The van der Waals surface area contributed by atoms with Crippen LogP contribution >= 0.6 is 0 Å². The first-order chi connectivity index (χ1) is 10.2. The molecule has 2 aromatic rings. The third-order valence-corrected chi connectivity index (χ3v) is 3.01. The zero-order valence-electron chi connectivity index (χ0n) is 12.1. The molecule has 0 unspecified atom stereocenters.